The molecule has 0 aliphatic carbocycles. The maximum absolute atomic E-state index is 5.23. The van der Waals surface area contributed by atoms with Crippen LogP contribution in [0.25, 0.3) is 17.0 Å². The predicted molar refractivity (Wildman–Crippen MR) is 69.7 cm³/mol. The molecule has 18 heavy (non-hydrogen) atoms. The van der Waals surface area contributed by atoms with Crippen molar-refractivity contribution in [3.05, 3.63) is 48.2 Å². The molecule has 0 aliphatic rings. The van der Waals surface area contributed by atoms with Gasteiger partial charge in [0.2, 0.25) is 0 Å². The van der Waals surface area contributed by atoms with Crippen molar-refractivity contribution in [2.75, 3.05) is 7.11 Å². The van der Waals surface area contributed by atoms with Gasteiger partial charge in [0, 0.05) is 11.8 Å². The molecule has 0 spiro atoms. The molecule has 0 aliphatic heterocycles. The molecule has 2 aromatic heterocycles. The number of hydrogen-bond donors (Lipinski definition) is 0. The zero-order valence-corrected chi connectivity index (χ0v) is 10.3. The molecular weight excluding hydrogens is 226 g/mol. The summed E-state index contributed by atoms with van der Waals surface area (Å²) in [5, 5.41) is 8.42. The number of aromatic nitrogens is 3. The van der Waals surface area contributed by atoms with Crippen molar-refractivity contribution < 1.29 is 4.74 Å². The number of ether oxygens (including phenoxy) is 1. The maximum Gasteiger partial charge on any atom is 0.168 e. The van der Waals surface area contributed by atoms with Crippen LogP contribution in [0.4, 0.5) is 0 Å². The Labute approximate surface area is 105 Å². The zero-order chi connectivity index (χ0) is 12.5. The topological polar surface area (TPSA) is 39.4 Å². The number of pyridine rings is 1. The van der Waals surface area contributed by atoms with Crippen LogP contribution in [-0.4, -0.2) is 21.7 Å². The lowest BCUT2D eigenvalue weighted by Crippen LogP contribution is -1.90. The second kappa shape index (κ2) is 4.14. The van der Waals surface area contributed by atoms with Gasteiger partial charge in [-0.05, 0) is 36.8 Å². The normalized spacial score (nSPS) is 10.8. The Morgan fingerprint density at radius 2 is 2.00 bits per heavy atom. The van der Waals surface area contributed by atoms with Crippen LogP contribution in [-0.2, 0) is 0 Å². The van der Waals surface area contributed by atoms with Crippen LogP contribution in [0.15, 0.2) is 42.6 Å². The van der Waals surface area contributed by atoms with Crippen LogP contribution in [0, 0.1) is 6.92 Å². The van der Waals surface area contributed by atoms with Crippen molar-refractivity contribution in [1.82, 2.24) is 14.6 Å². The van der Waals surface area contributed by atoms with Crippen LogP contribution in [0.5, 0.6) is 5.75 Å². The van der Waals surface area contributed by atoms with Gasteiger partial charge in [0.05, 0.1) is 7.11 Å². The van der Waals surface area contributed by atoms with Gasteiger partial charge in [-0.2, -0.15) is 0 Å². The fourth-order valence-electron chi connectivity index (χ4n) is 1.95. The van der Waals surface area contributed by atoms with E-state index in [0.29, 0.717) is 0 Å². The minimum atomic E-state index is 0.816. The molecule has 0 N–H and O–H groups in total. The van der Waals surface area contributed by atoms with E-state index in [9.17, 15) is 0 Å². The van der Waals surface area contributed by atoms with Crippen molar-refractivity contribution in [2.45, 2.75) is 6.92 Å². The molecule has 1 aromatic carbocycles. The molecule has 3 rings (SSSR count). The smallest absolute Gasteiger partial charge is 0.168 e. The second-order valence-corrected chi connectivity index (χ2v) is 4.19. The number of benzene rings is 1. The summed E-state index contributed by atoms with van der Waals surface area (Å²) in [5.41, 5.74) is 3.02. The first-order valence-electron chi connectivity index (χ1n) is 5.74. The summed E-state index contributed by atoms with van der Waals surface area (Å²) in [4.78, 5) is 0. The maximum atomic E-state index is 5.23. The number of fused-ring (bicyclic) bond motifs is 1. The van der Waals surface area contributed by atoms with Crippen LogP contribution >= 0.6 is 0 Å². The predicted octanol–water partition coefficient (Wildman–Crippen LogP) is 2.71. The Bertz CT molecular complexity index is 703. The minimum Gasteiger partial charge on any atom is -0.497 e. The molecule has 0 saturated heterocycles. The molecule has 4 heteroatoms. The van der Waals surface area contributed by atoms with Crippen molar-refractivity contribution in [3.63, 3.8) is 0 Å². The molecule has 3 aromatic rings. The van der Waals surface area contributed by atoms with Crippen molar-refractivity contribution >= 4 is 5.65 Å². The SMILES string of the molecule is COc1cccc(-c2nnc3cc(C)ccn23)c1. The minimum absolute atomic E-state index is 0.816. The van der Waals surface area contributed by atoms with Gasteiger partial charge in [-0.3, -0.25) is 4.40 Å². The van der Waals surface area contributed by atoms with Gasteiger partial charge in [-0.15, -0.1) is 10.2 Å². The third kappa shape index (κ3) is 1.72. The van der Waals surface area contributed by atoms with Gasteiger partial charge < -0.3 is 4.74 Å². The average molecular weight is 239 g/mol. The fraction of sp³-hybridized carbons (Fsp3) is 0.143. The highest BCUT2D eigenvalue weighted by atomic mass is 16.5. The quantitative estimate of drug-likeness (QED) is 0.690. The molecule has 4 nitrogen and oxygen atoms in total. The van der Waals surface area contributed by atoms with E-state index in [1.165, 1.54) is 5.56 Å². The number of aryl methyl sites for hydroxylation is 1. The Balaban J connectivity index is 2.19. The molecule has 0 fully saturated rings. The molecule has 0 radical (unpaired) electrons. The lowest BCUT2D eigenvalue weighted by atomic mass is 10.2. The second-order valence-electron chi connectivity index (χ2n) is 4.19. The van der Waals surface area contributed by atoms with Crippen LogP contribution in [0.2, 0.25) is 0 Å². The fourth-order valence-corrected chi connectivity index (χ4v) is 1.95. The first-order chi connectivity index (χ1) is 8.78. The van der Waals surface area contributed by atoms with Gasteiger partial charge in [0.15, 0.2) is 11.5 Å². The lowest BCUT2D eigenvalue weighted by molar-refractivity contribution is 0.415. The van der Waals surface area contributed by atoms with Gasteiger partial charge in [0.25, 0.3) is 0 Å². The monoisotopic (exact) mass is 239 g/mol. The van der Waals surface area contributed by atoms with E-state index >= 15 is 0 Å². The molecular formula is C14H13N3O. The van der Waals surface area contributed by atoms with E-state index in [4.69, 9.17) is 4.74 Å². The van der Waals surface area contributed by atoms with Crippen LogP contribution in [0.1, 0.15) is 5.56 Å². The highest BCUT2D eigenvalue weighted by Gasteiger charge is 2.08. The first-order valence-corrected chi connectivity index (χ1v) is 5.74. The molecule has 0 amide bonds. The molecule has 0 unspecified atom stereocenters. The third-order valence-electron chi connectivity index (χ3n) is 2.89. The molecule has 2 heterocycles. The van der Waals surface area contributed by atoms with Gasteiger partial charge in [-0.1, -0.05) is 12.1 Å². The van der Waals surface area contributed by atoms with E-state index in [1.807, 2.05) is 53.9 Å². The van der Waals surface area contributed by atoms with Crippen molar-refractivity contribution in [1.29, 1.82) is 0 Å². The number of hydrogen-bond acceptors (Lipinski definition) is 3. The zero-order valence-electron chi connectivity index (χ0n) is 10.3. The van der Waals surface area contributed by atoms with E-state index in [1.54, 1.807) is 7.11 Å². The summed E-state index contributed by atoms with van der Waals surface area (Å²) < 4.78 is 7.20. The summed E-state index contributed by atoms with van der Waals surface area (Å²) >= 11 is 0. The molecule has 0 atom stereocenters. The Morgan fingerprint density at radius 1 is 1.11 bits per heavy atom. The largest absolute Gasteiger partial charge is 0.497 e. The van der Waals surface area contributed by atoms with Crippen LogP contribution < -0.4 is 4.74 Å². The van der Waals surface area contributed by atoms with Gasteiger partial charge >= 0.3 is 0 Å². The third-order valence-corrected chi connectivity index (χ3v) is 2.89. The lowest BCUT2D eigenvalue weighted by Gasteiger charge is -2.03. The summed E-state index contributed by atoms with van der Waals surface area (Å²) in [5.74, 6) is 1.64. The van der Waals surface area contributed by atoms with Gasteiger partial charge in [-0.25, -0.2) is 0 Å². The van der Waals surface area contributed by atoms with Gasteiger partial charge in [0.1, 0.15) is 5.75 Å². The van der Waals surface area contributed by atoms with E-state index in [0.717, 1.165) is 22.8 Å². The highest BCUT2D eigenvalue weighted by Crippen LogP contribution is 2.22. The standard InChI is InChI=1S/C14H13N3O/c1-10-6-7-17-13(8-10)15-16-14(17)11-4-3-5-12(9-11)18-2/h3-9H,1-2H3. The average Bonchev–Trinajstić information content (AvgIpc) is 2.81. The van der Waals surface area contributed by atoms with E-state index < -0.39 is 0 Å². The number of rotatable bonds is 2. The van der Waals surface area contributed by atoms with Crippen LogP contribution in [0.3, 0.4) is 0 Å². The Kier molecular flexibility index (Phi) is 2.48. The molecule has 0 saturated carbocycles. The highest BCUT2D eigenvalue weighted by molar-refractivity contribution is 5.61. The number of methoxy groups -OCH3 is 1. The summed E-state index contributed by atoms with van der Waals surface area (Å²) in [6, 6.07) is 11.9. The van der Waals surface area contributed by atoms with Crippen molar-refractivity contribution in [2.24, 2.45) is 0 Å². The van der Waals surface area contributed by atoms with Crippen molar-refractivity contribution in [3.8, 4) is 17.1 Å². The van der Waals surface area contributed by atoms with E-state index in [2.05, 4.69) is 10.2 Å². The molecule has 0 bridgehead atoms. The number of nitrogens with zero attached hydrogens (tertiary/aromatic N) is 3. The Morgan fingerprint density at radius 3 is 2.83 bits per heavy atom. The summed E-state index contributed by atoms with van der Waals surface area (Å²) in [6.45, 7) is 2.04. The van der Waals surface area contributed by atoms with E-state index in [-0.39, 0.29) is 0 Å². The Hall–Kier alpha value is -2.36. The first kappa shape index (κ1) is 10.8. The summed E-state index contributed by atoms with van der Waals surface area (Å²) in [6.07, 6.45) is 1.99. The molecule has 90 valence electrons. The summed E-state index contributed by atoms with van der Waals surface area (Å²) in [7, 11) is 1.66.